The minimum atomic E-state index is -0.616. The van der Waals surface area contributed by atoms with Crippen LogP contribution in [0.2, 0.25) is 5.02 Å². The number of ether oxygens (including phenoxy) is 1. The van der Waals surface area contributed by atoms with Gasteiger partial charge in [-0.25, -0.2) is 0 Å². The number of rotatable bonds is 4. The van der Waals surface area contributed by atoms with E-state index in [2.05, 4.69) is 4.99 Å². The summed E-state index contributed by atoms with van der Waals surface area (Å²) in [6.07, 6.45) is 1.17. The Bertz CT molecular complexity index is 888. The van der Waals surface area contributed by atoms with Gasteiger partial charge in [0, 0.05) is 22.9 Å². The molecule has 0 aliphatic heterocycles. The van der Waals surface area contributed by atoms with Crippen molar-refractivity contribution in [2.24, 2.45) is 4.99 Å². The Kier molecular flexibility index (Phi) is 5.41. The first-order valence-corrected chi connectivity index (χ1v) is 8.03. The topological polar surface area (TPSA) is 108 Å². The highest BCUT2D eigenvalue weighted by Crippen LogP contribution is 2.38. The predicted octanol–water partition coefficient (Wildman–Crippen LogP) is 4.08. The first-order valence-electron chi connectivity index (χ1n) is 7.65. The van der Waals surface area contributed by atoms with E-state index in [0.29, 0.717) is 0 Å². The molecule has 2 aromatic carbocycles. The quantitative estimate of drug-likeness (QED) is 0.490. The number of benzene rings is 2. The highest BCUT2D eigenvalue weighted by atomic mass is 35.5. The second kappa shape index (κ2) is 7.21. The van der Waals surface area contributed by atoms with Gasteiger partial charge in [-0.15, -0.1) is 0 Å². The molecule has 0 amide bonds. The number of hydrogen-bond donors (Lipinski definition) is 1. The third-order valence-electron chi connectivity index (χ3n) is 3.75. The molecule has 0 fully saturated rings. The number of hydrogen-bond acceptors (Lipinski definition) is 6. The summed E-state index contributed by atoms with van der Waals surface area (Å²) >= 11 is 6.01. The minimum absolute atomic E-state index is 0.0328. The Morgan fingerprint density at radius 1 is 1.27 bits per heavy atom. The van der Waals surface area contributed by atoms with E-state index in [-0.39, 0.29) is 38.9 Å². The van der Waals surface area contributed by atoms with Gasteiger partial charge in [-0.2, -0.15) is 0 Å². The maximum Gasteiger partial charge on any atom is 0.274 e. The number of phenolic OH excluding ortho intramolecular Hbond substituents is 1. The molecule has 26 heavy (non-hydrogen) atoms. The van der Waals surface area contributed by atoms with Crippen LogP contribution in [0, 0.1) is 10.1 Å². The van der Waals surface area contributed by atoms with Crippen molar-refractivity contribution < 1.29 is 19.9 Å². The number of nitro groups is 1. The Morgan fingerprint density at radius 2 is 1.92 bits per heavy atom. The van der Waals surface area contributed by atoms with Crippen LogP contribution in [-0.4, -0.2) is 23.4 Å². The maximum atomic E-state index is 12.2. The normalized spacial score (nSPS) is 11.7. The van der Waals surface area contributed by atoms with E-state index >= 15 is 0 Å². The molecule has 0 unspecified atom stereocenters. The number of phenols is 1. The SMILES string of the molecule is COc1cc([N+](=O)[O-])cc(C=Nc2cc(C(C)(C)C)cc(Cl)c2[O-])c1O. The number of aromatic hydroxyl groups is 1. The second-order valence-electron chi connectivity index (χ2n) is 6.66. The van der Waals surface area contributed by atoms with Crippen LogP contribution >= 0.6 is 11.6 Å². The van der Waals surface area contributed by atoms with Gasteiger partial charge in [0.2, 0.25) is 0 Å². The summed E-state index contributed by atoms with van der Waals surface area (Å²) < 4.78 is 4.94. The van der Waals surface area contributed by atoms with Crippen LogP contribution in [0.15, 0.2) is 29.3 Å². The molecular weight excluding hydrogens is 360 g/mol. The largest absolute Gasteiger partial charge is 0.870 e. The third-order valence-corrected chi connectivity index (χ3v) is 4.03. The summed E-state index contributed by atoms with van der Waals surface area (Å²) in [5.41, 5.74) is 0.415. The van der Waals surface area contributed by atoms with Gasteiger partial charge in [0.1, 0.15) is 0 Å². The lowest BCUT2D eigenvalue weighted by Crippen LogP contribution is -2.11. The molecule has 138 valence electrons. The number of non-ortho nitro benzene ring substituents is 1. The Morgan fingerprint density at radius 3 is 2.46 bits per heavy atom. The second-order valence-corrected chi connectivity index (χ2v) is 7.06. The Balaban J connectivity index is 2.55. The van der Waals surface area contributed by atoms with Crippen molar-refractivity contribution in [3.63, 3.8) is 0 Å². The molecule has 0 saturated heterocycles. The first kappa shape index (κ1) is 19.5. The zero-order valence-electron chi connectivity index (χ0n) is 14.7. The van der Waals surface area contributed by atoms with Crippen molar-refractivity contribution in [2.45, 2.75) is 26.2 Å². The molecule has 7 nitrogen and oxygen atoms in total. The van der Waals surface area contributed by atoms with Crippen molar-refractivity contribution in [1.29, 1.82) is 0 Å². The van der Waals surface area contributed by atoms with Gasteiger partial charge in [-0.3, -0.25) is 15.1 Å². The van der Waals surface area contributed by atoms with Crippen molar-refractivity contribution in [2.75, 3.05) is 7.11 Å². The molecule has 0 atom stereocenters. The lowest BCUT2D eigenvalue weighted by atomic mass is 9.87. The average Bonchev–Trinajstić information content (AvgIpc) is 2.55. The zero-order chi connectivity index (χ0) is 19.6. The molecule has 0 radical (unpaired) electrons. The van der Waals surface area contributed by atoms with E-state index in [0.717, 1.165) is 17.7 Å². The number of nitro benzene ring substituents is 1. The molecule has 0 aliphatic carbocycles. The highest BCUT2D eigenvalue weighted by molar-refractivity contribution is 6.32. The molecule has 0 saturated carbocycles. The summed E-state index contributed by atoms with van der Waals surface area (Å²) in [5.74, 6) is -0.843. The molecule has 2 rings (SSSR count). The summed E-state index contributed by atoms with van der Waals surface area (Å²) in [5, 5.41) is 33.4. The monoisotopic (exact) mass is 377 g/mol. The van der Waals surface area contributed by atoms with Crippen LogP contribution in [0.1, 0.15) is 31.9 Å². The smallest absolute Gasteiger partial charge is 0.274 e. The Labute approximate surface area is 155 Å². The number of halogens is 1. The highest BCUT2D eigenvalue weighted by Gasteiger charge is 2.17. The molecule has 8 heteroatoms. The molecule has 0 spiro atoms. The fraction of sp³-hybridized carbons (Fsp3) is 0.278. The molecule has 2 aromatic rings. The summed E-state index contributed by atoms with van der Waals surface area (Å²) in [6, 6.07) is 5.44. The molecule has 0 bridgehead atoms. The van der Waals surface area contributed by atoms with Crippen LogP contribution in [0.3, 0.4) is 0 Å². The Hall–Kier alpha value is -2.80. The number of methoxy groups -OCH3 is 1. The molecule has 0 heterocycles. The van der Waals surface area contributed by atoms with Gasteiger partial charge in [0.25, 0.3) is 5.69 Å². The molecule has 0 aromatic heterocycles. The zero-order valence-corrected chi connectivity index (χ0v) is 15.5. The van der Waals surface area contributed by atoms with Gasteiger partial charge in [0.05, 0.1) is 23.8 Å². The lowest BCUT2D eigenvalue weighted by Gasteiger charge is -2.23. The first-order chi connectivity index (χ1) is 12.0. The fourth-order valence-electron chi connectivity index (χ4n) is 2.22. The summed E-state index contributed by atoms with van der Waals surface area (Å²) in [7, 11) is 1.28. The van der Waals surface area contributed by atoms with E-state index in [1.54, 1.807) is 12.1 Å². The van der Waals surface area contributed by atoms with Crippen LogP contribution < -0.4 is 9.84 Å². The average molecular weight is 378 g/mol. The van der Waals surface area contributed by atoms with E-state index < -0.39 is 10.7 Å². The van der Waals surface area contributed by atoms with Crippen molar-refractivity contribution in [1.82, 2.24) is 0 Å². The van der Waals surface area contributed by atoms with Crippen molar-refractivity contribution in [3.05, 3.63) is 50.5 Å². The summed E-state index contributed by atoms with van der Waals surface area (Å²) in [4.78, 5) is 14.5. The van der Waals surface area contributed by atoms with E-state index in [1.165, 1.54) is 13.3 Å². The minimum Gasteiger partial charge on any atom is -0.870 e. The maximum absolute atomic E-state index is 12.2. The molecular formula is C18H18ClN2O5-. The lowest BCUT2D eigenvalue weighted by molar-refractivity contribution is -0.385. The van der Waals surface area contributed by atoms with Gasteiger partial charge in [0.15, 0.2) is 11.5 Å². The van der Waals surface area contributed by atoms with Gasteiger partial charge in [-0.1, -0.05) is 38.1 Å². The fourth-order valence-corrected chi connectivity index (χ4v) is 2.43. The molecule has 1 N–H and O–H groups in total. The van der Waals surface area contributed by atoms with Gasteiger partial charge < -0.3 is 14.9 Å². The van der Waals surface area contributed by atoms with Crippen molar-refractivity contribution >= 4 is 29.2 Å². The van der Waals surface area contributed by atoms with E-state index in [4.69, 9.17) is 16.3 Å². The van der Waals surface area contributed by atoms with E-state index in [9.17, 15) is 20.3 Å². The van der Waals surface area contributed by atoms with Crippen LogP contribution in [0.4, 0.5) is 11.4 Å². The number of nitrogens with zero attached hydrogens (tertiary/aromatic N) is 2. The van der Waals surface area contributed by atoms with E-state index in [1.807, 2.05) is 20.8 Å². The summed E-state index contributed by atoms with van der Waals surface area (Å²) in [6.45, 7) is 5.90. The predicted molar refractivity (Wildman–Crippen MR) is 98.2 cm³/mol. The van der Waals surface area contributed by atoms with Crippen LogP contribution in [0.25, 0.3) is 0 Å². The number of aliphatic imine (C=N–C) groups is 1. The van der Waals surface area contributed by atoms with Gasteiger partial charge >= 0.3 is 0 Å². The molecule has 0 aliphatic rings. The van der Waals surface area contributed by atoms with Crippen molar-refractivity contribution in [3.8, 4) is 17.2 Å². The van der Waals surface area contributed by atoms with Crippen LogP contribution in [0.5, 0.6) is 17.2 Å². The van der Waals surface area contributed by atoms with Gasteiger partial charge in [-0.05, 0) is 23.1 Å². The van der Waals surface area contributed by atoms with Crippen LogP contribution in [-0.2, 0) is 5.41 Å². The standard InChI is InChI=1S/C18H19ClN2O5/c1-18(2,3)11-6-13(19)17(23)14(7-11)20-9-10-5-12(21(24)25)8-15(26-4)16(10)22/h5-9,22-23H,1-4H3/p-1. The third kappa shape index (κ3) is 4.05.